The number of nitrogens with one attached hydrogen (secondary N) is 1. The van der Waals surface area contributed by atoms with Gasteiger partial charge < -0.3 is 10.1 Å². The lowest BCUT2D eigenvalue weighted by Crippen LogP contribution is -2.34. The Morgan fingerprint density at radius 3 is 2.50 bits per heavy atom. The zero-order chi connectivity index (χ0) is 11.0. The SMILES string of the molecule is CCC(CCCl)NCCC(C)(C)OC. The molecule has 0 aliphatic heterocycles. The first-order chi connectivity index (χ1) is 6.55. The smallest absolute Gasteiger partial charge is 0.0634 e. The van der Waals surface area contributed by atoms with Gasteiger partial charge in [-0.2, -0.15) is 0 Å². The molecule has 86 valence electrons. The Morgan fingerprint density at radius 2 is 2.07 bits per heavy atom. The van der Waals surface area contributed by atoms with Crippen LogP contribution in [0.3, 0.4) is 0 Å². The molecule has 0 aromatic heterocycles. The highest BCUT2D eigenvalue weighted by Gasteiger charge is 2.16. The quantitative estimate of drug-likeness (QED) is 0.637. The molecule has 2 nitrogen and oxygen atoms in total. The number of halogens is 1. The number of methoxy groups -OCH3 is 1. The minimum atomic E-state index is -0.0216. The van der Waals surface area contributed by atoms with Crippen LogP contribution in [0.1, 0.15) is 40.0 Å². The van der Waals surface area contributed by atoms with Crippen molar-refractivity contribution < 1.29 is 4.74 Å². The maximum atomic E-state index is 5.71. The summed E-state index contributed by atoms with van der Waals surface area (Å²) in [5.41, 5.74) is -0.0216. The van der Waals surface area contributed by atoms with E-state index in [1.165, 1.54) is 0 Å². The molecular weight excluding hydrogens is 198 g/mol. The number of hydrogen-bond donors (Lipinski definition) is 1. The summed E-state index contributed by atoms with van der Waals surface area (Å²) in [7, 11) is 1.76. The molecule has 0 fully saturated rings. The van der Waals surface area contributed by atoms with Crippen molar-refractivity contribution in [1.29, 1.82) is 0 Å². The Balaban J connectivity index is 3.60. The molecule has 1 N–H and O–H groups in total. The van der Waals surface area contributed by atoms with E-state index in [0.29, 0.717) is 6.04 Å². The molecule has 0 radical (unpaired) electrons. The number of alkyl halides is 1. The molecule has 1 atom stereocenters. The molecule has 0 saturated carbocycles. The summed E-state index contributed by atoms with van der Waals surface area (Å²) in [6.07, 6.45) is 3.22. The van der Waals surface area contributed by atoms with Crippen molar-refractivity contribution in [2.45, 2.75) is 51.7 Å². The van der Waals surface area contributed by atoms with Gasteiger partial charge in [0.25, 0.3) is 0 Å². The first-order valence-electron chi connectivity index (χ1n) is 5.40. The van der Waals surface area contributed by atoms with E-state index in [0.717, 1.165) is 31.7 Å². The molecule has 0 heterocycles. The number of ether oxygens (including phenoxy) is 1. The van der Waals surface area contributed by atoms with E-state index < -0.39 is 0 Å². The lowest BCUT2D eigenvalue weighted by Gasteiger charge is -2.24. The van der Waals surface area contributed by atoms with Crippen LogP contribution in [0, 0.1) is 0 Å². The van der Waals surface area contributed by atoms with Crippen LogP contribution >= 0.6 is 11.6 Å². The van der Waals surface area contributed by atoms with Crippen LogP contribution in [0.5, 0.6) is 0 Å². The molecule has 0 aromatic carbocycles. The van der Waals surface area contributed by atoms with E-state index in [1.807, 2.05) is 0 Å². The van der Waals surface area contributed by atoms with Crippen LogP contribution in [0.25, 0.3) is 0 Å². The molecule has 0 rings (SSSR count). The molecular formula is C11H24ClNO. The van der Waals surface area contributed by atoms with Gasteiger partial charge in [-0.15, -0.1) is 11.6 Å². The van der Waals surface area contributed by atoms with Gasteiger partial charge in [-0.3, -0.25) is 0 Å². The zero-order valence-corrected chi connectivity index (χ0v) is 10.7. The van der Waals surface area contributed by atoms with Gasteiger partial charge in [0, 0.05) is 19.0 Å². The van der Waals surface area contributed by atoms with Crippen LogP contribution in [0.15, 0.2) is 0 Å². The Kier molecular flexibility index (Phi) is 7.61. The minimum Gasteiger partial charge on any atom is -0.379 e. The van der Waals surface area contributed by atoms with Gasteiger partial charge in [0.1, 0.15) is 0 Å². The predicted octanol–water partition coefficient (Wildman–Crippen LogP) is 2.80. The van der Waals surface area contributed by atoms with Gasteiger partial charge in [-0.05, 0) is 39.7 Å². The van der Waals surface area contributed by atoms with E-state index in [1.54, 1.807) is 7.11 Å². The van der Waals surface area contributed by atoms with Gasteiger partial charge >= 0.3 is 0 Å². The monoisotopic (exact) mass is 221 g/mol. The summed E-state index contributed by atoms with van der Waals surface area (Å²) in [6.45, 7) is 7.40. The maximum Gasteiger partial charge on any atom is 0.0634 e. The highest BCUT2D eigenvalue weighted by molar-refractivity contribution is 6.17. The molecule has 0 saturated heterocycles. The molecule has 3 heteroatoms. The fourth-order valence-electron chi connectivity index (χ4n) is 1.26. The molecule has 0 amide bonds. The maximum absolute atomic E-state index is 5.71. The highest BCUT2D eigenvalue weighted by Crippen LogP contribution is 2.12. The van der Waals surface area contributed by atoms with Gasteiger partial charge in [0.2, 0.25) is 0 Å². The van der Waals surface area contributed by atoms with E-state index in [4.69, 9.17) is 16.3 Å². The summed E-state index contributed by atoms with van der Waals surface area (Å²) in [5.74, 6) is 0.735. The third kappa shape index (κ3) is 6.63. The van der Waals surface area contributed by atoms with Crippen molar-refractivity contribution in [3.05, 3.63) is 0 Å². The standard InChI is InChI=1S/C11H24ClNO/c1-5-10(6-8-12)13-9-7-11(2,3)14-4/h10,13H,5-9H2,1-4H3. The summed E-state index contributed by atoms with van der Waals surface area (Å²) in [5, 5.41) is 3.50. The first kappa shape index (κ1) is 14.2. The van der Waals surface area contributed by atoms with Crippen molar-refractivity contribution in [1.82, 2.24) is 5.32 Å². The van der Waals surface area contributed by atoms with Crippen molar-refractivity contribution in [3.63, 3.8) is 0 Å². The van der Waals surface area contributed by atoms with Gasteiger partial charge in [-0.1, -0.05) is 6.92 Å². The lowest BCUT2D eigenvalue weighted by atomic mass is 10.0. The summed E-state index contributed by atoms with van der Waals surface area (Å²) in [6, 6.07) is 0.556. The van der Waals surface area contributed by atoms with Crippen molar-refractivity contribution in [3.8, 4) is 0 Å². The topological polar surface area (TPSA) is 21.3 Å². The Bertz CT molecular complexity index is 139. The molecule has 0 bridgehead atoms. The fourth-order valence-corrected chi connectivity index (χ4v) is 1.53. The molecule has 0 spiro atoms. The van der Waals surface area contributed by atoms with Crippen LogP contribution in [-0.4, -0.2) is 31.2 Å². The Labute approximate surface area is 93.4 Å². The minimum absolute atomic E-state index is 0.0216. The Morgan fingerprint density at radius 1 is 1.43 bits per heavy atom. The highest BCUT2D eigenvalue weighted by atomic mass is 35.5. The van der Waals surface area contributed by atoms with Crippen molar-refractivity contribution in [2.75, 3.05) is 19.5 Å². The van der Waals surface area contributed by atoms with Gasteiger partial charge in [-0.25, -0.2) is 0 Å². The normalized spacial score (nSPS) is 14.4. The molecule has 14 heavy (non-hydrogen) atoms. The second kappa shape index (κ2) is 7.49. The van der Waals surface area contributed by atoms with Crippen LogP contribution < -0.4 is 5.32 Å². The second-order valence-corrected chi connectivity index (χ2v) is 4.63. The number of rotatable bonds is 8. The van der Waals surface area contributed by atoms with Gasteiger partial charge in [0.05, 0.1) is 5.60 Å². The third-order valence-corrected chi connectivity index (χ3v) is 2.88. The Hall–Kier alpha value is 0.210. The fraction of sp³-hybridized carbons (Fsp3) is 1.00. The van der Waals surface area contributed by atoms with Crippen LogP contribution in [-0.2, 0) is 4.74 Å². The van der Waals surface area contributed by atoms with E-state index >= 15 is 0 Å². The molecule has 0 aliphatic rings. The summed E-state index contributed by atoms with van der Waals surface area (Å²) < 4.78 is 5.35. The summed E-state index contributed by atoms with van der Waals surface area (Å²) in [4.78, 5) is 0. The van der Waals surface area contributed by atoms with Gasteiger partial charge in [0.15, 0.2) is 0 Å². The second-order valence-electron chi connectivity index (χ2n) is 4.25. The van der Waals surface area contributed by atoms with Crippen molar-refractivity contribution in [2.24, 2.45) is 0 Å². The van der Waals surface area contributed by atoms with Crippen molar-refractivity contribution >= 4 is 11.6 Å². The molecule has 0 aliphatic carbocycles. The number of hydrogen-bond acceptors (Lipinski definition) is 2. The van der Waals surface area contributed by atoms with Crippen LogP contribution in [0.4, 0.5) is 0 Å². The predicted molar refractivity (Wildman–Crippen MR) is 63.1 cm³/mol. The van der Waals surface area contributed by atoms with E-state index in [9.17, 15) is 0 Å². The molecule has 1 unspecified atom stereocenters. The molecule has 0 aromatic rings. The third-order valence-electron chi connectivity index (χ3n) is 2.66. The van der Waals surface area contributed by atoms with Crippen LogP contribution in [0.2, 0.25) is 0 Å². The average molecular weight is 222 g/mol. The average Bonchev–Trinajstić information content (AvgIpc) is 2.16. The zero-order valence-electron chi connectivity index (χ0n) is 9.90. The lowest BCUT2D eigenvalue weighted by molar-refractivity contribution is 0.0153. The van der Waals surface area contributed by atoms with E-state index in [2.05, 4.69) is 26.1 Å². The first-order valence-corrected chi connectivity index (χ1v) is 5.93. The largest absolute Gasteiger partial charge is 0.379 e. The van der Waals surface area contributed by atoms with E-state index in [-0.39, 0.29) is 5.60 Å². The summed E-state index contributed by atoms with van der Waals surface area (Å²) >= 11 is 5.71.